The number of nitrogens with zero attached hydrogens (tertiary/aromatic N) is 1. The maximum atomic E-state index is 12.3. The normalized spacial score (nSPS) is 11.1. The number of benzene rings is 3. The molecular weight excluding hydrogens is 463 g/mol. The van der Waals surface area contributed by atoms with Gasteiger partial charge in [-0.1, -0.05) is 6.07 Å². The molecule has 0 aliphatic heterocycles. The molecule has 0 bridgehead atoms. The summed E-state index contributed by atoms with van der Waals surface area (Å²) in [6.07, 6.45) is -3.07. The van der Waals surface area contributed by atoms with Gasteiger partial charge in [-0.25, -0.2) is 4.79 Å². The fourth-order valence-electron chi connectivity index (χ4n) is 3.36. The highest BCUT2D eigenvalue weighted by molar-refractivity contribution is 6.01. The molecule has 1 heterocycles. The lowest BCUT2D eigenvalue weighted by Crippen LogP contribution is -2.19. The number of hydrogen-bond donors (Lipinski definition) is 2. The van der Waals surface area contributed by atoms with Crippen molar-refractivity contribution in [2.24, 2.45) is 0 Å². The molecule has 0 radical (unpaired) electrons. The molecule has 0 aliphatic rings. The Balaban J connectivity index is 1.46. The Hall–Kier alpha value is -4.47. The molecule has 0 saturated heterocycles. The summed E-state index contributed by atoms with van der Waals surface area (Å²) in [5, 5.41) is 6.08. The zero-order valence-electron chi connectivity index (χ0n) is 18.6. The number of methoxy groups -OCH3 is 2. The third-order valence-corrected chi connectivity index (χ3v) is 4.97. The Morgan fingerprint density at radius 2 is 1.40 bits per heavy atom. The number of aromatic nitrogens is 1. The van der Waals surface area contributed by atoms with Gasteiger partial charge in [0.25, 0.3) is 0 Å². The number of halogens is 3. The van der Waals surface area contributed by atoms with E-state index >= 15 is 0 Å². The van der Waals surface area contributed by atoms with E-state index in [1.165, 1.54) is 12.1 Å². The third kappa shape index (κ3) is 6.11. The van der Waals surface area contributed by atoms with E-state index in [4.69, 9.17) is 9.47 Å². The van der Waals surface area contributed by atoms with E-state index in [1.807, 2.05) is 24.3 Å². The average molecular weight is 483 g/mol. The number of ether oxygens (including phenoxy) is 3. The lowest BCUT2D eigenvalue weighted by Gasteiger charge is -2.11. The molecule has 0 spiro atoms. The van der Waals surface area contributed by atoms with Crippen molar-refractivity contribution in [3.63, 3.8) is 0 Å². The Labute approximate surface area is 198 Å². The summed E-state index contributed by atoms with van der Waals surface area (Å²) in [6, 6.07) is 17.0. The van der Waals surface area contributed by atoms with Gasteiger partial charge in [0.05, 0.1) is 19.7 Å². The van der Waals surface area contributed by atoms with E-state index in [9.17, 15) is 18.0 Å². The fourth-order valence-corrected chi connectivity index (χ4v) is 3.36. The number of anilines is 2. The Morgan fingerprint density at radius 3 is 2.03 bits per heavy atom. The molecule has 4 aromatic rings. The standard InChI is InChI=1S/C25H20F3N3O4/c1-33-21-10-16(11-22(13-21)34-2)17-9-15-3-4-19(12-23(15)29-14-17)31-24(32)30-18-5-7-20(8-6-18)35-25(26,27)28/h3-14H,1-2H3,(H2,30,31,32). The molecule has 3 aromatic carbocycles. The number of carbonyl (C=O) groups is 1. The van der Waals surface area contributed by atoms with Gasteiger partial charge < -0.3 is 24.8 Å². The van der Waals surface area contributed by atoms with Crippen molar-refractivity contribution in [3.05, 3.63) is 72.9 Å². The topological polar surface area (TPSA) is 81.7 Å². The summed E-state index contributed by atoms with van der Waals surface area (Å²) in [5.74, 6) is 0.941. The Morgan fingerprint density at radius 1 is 0.771 bits per heavy atom. The molecule has 0 atom stereocenters. The van der Waals surface area contributed by atoms with E-state index in [0.717, 1.165) is 28.6 Å². The van der Waals surface area contributed by atoms with Gasteiger partial charge in [-0.05, 0) is 60.2 Å². The van der Waals surface area contributed by atoms with Crippen molar-refractivity contribution in [2.75, 3.05) is 24.9 Å². The number of pyridine rings is 1. The second kappa shape index (κ2) is 9.80. The van der Waals surface area contributed by atoms with Gasteiger partial charge in [-0.3, -0.25) is 4.98 Å². The molecule has 0 fully saturated rings. The quantitative estimate of drug-likeness (QED) is 0.329. The van der Waals surface area contributed by atoms with Gasteiger partial charge in [-0.15, -0.1) is 13.2 Å². The van der Waals surface area contributed by atoms with Crippen LogP contribution in [0.2, 0.25) is 0 Å². The van der Waals surface area contributed by atoms with Gasteiger partial charge in [0.15, 0.2) is 0 Å². The first-order valence-electron chi connectivity index (χ1n) is 10.3. The molecule has 180 valence electrons. The highest BCUT2D eigenvalue weighted by Crippen LogP contribution is 2.31. The zero-order chi connectivity index (χ0) is 25.0. The van der Waals surface area contributed by atoms with Crippen LogP contribution in [0.3, 0.4) is 0 Å². The van der Waals surface area contributed by atoms with Gasteiger partial charge in [0.1, 0.15) is 17.2 Å². The molecule has 10 heteroatoms. The van der Waals surface area contributed by atoms with Crippen LogP contribution in [0.15, 0.2) is 72.9 Å². The summed E-state index contributed by atoms with van der Waals surface area (Å²) >= 11 is 0. The molecule has 0 aliphatic carbocycles. The number of carbonyl (C=O) groups excluding carboxylic acids is 1. The molecule has 0 unspecified atom stereocenters. The smallest absolute Gasteiger partial charge is 0.497 e. The third-order valence-electron chi connectivity index (χ3n) is 4.97. The SMILES string of the molecule is COc1cc(OC)cc(-c2cnc3cc(NC(=O)Nc4ccc(OC(F)(F)F)cc4)ccc3c2)c1. The van der Waals surface area contributed by atoms with E-state index < -0.39 is 12.4 Å². The molecule has 0 saturated carbocycles. The van der Waals surface area contributed by atoms with Crippen LogP contribution >= 0.6 is 0 Å². The predicted molar refractivity (Wildman–Crippen MR) is 126 cm³/mol. The number of alkyl halides is 3. The number of urea groups is 1. The molecule has 4 rings (SSSR count). The molecule has 2 amide bonds. The first-order chi connectivity index (χ1) is 16.7. The summed E-state index contributed by atoms with van der Waals surface area (Å²) in [5.41, 5.74) is 3.20. The first kappa shape index (κ1) is 23.7. The first-order valence-corrected chi connectivity index (χ1v) is 10.3. The van der Waals surface area contributed by atoms with Crippen LogP contribution in [-0.4, -0.2) is 31.6 Å². The largest absolute Gasteiger partial charge is 0.573 e. The summed E-state index contributed by atoms with van der Waals surface area (Å²) < 4.78 is 51.2. The van der Waals surface area contributed by atoms with Crippen molar-refractivity contribution in [1.82, 2.24) is 4.98 Å². The number of hydrogen-bond acceptors (Lipinski definition) is 5. The van der Waals surface area contributed by atoms with Crippen molar-refractivity contribution < 1.29 is 32.2 Å². The second-order valence-electron chi connectivity index (χ2n) is 7.38. The lowest BCUT2D eigenvalue weighted by molar-refractivity contribution is -0.274. The van der Waals surface area contributed by atoms with Crippen LogP contribution in [0.25, 0.3) is 22.0 Å². The summed E-state index contributed by atoms with van der Waals surface area (Å²) in [4.78, 5) is 16.8. The molecular formula is C25H20F3N3O4. The molecule has 35 heavy (non-hydrogen) atoms. The second-order valence-corrected chi connectivity index (χ2v) is 7.38. The zero-order valence-corrected chi connectivity index (χ0v) is 18.6. The van der Waals surface area contributed by atoms with Crippen LogP contribution in [0.1, 0.15) is 0 Å². The Kier molecular flexibility index (Phi) is 6.63. The van der Waals surface area contributed by atoms with Crippen LogP contribution in [0, 0.1) is 0 Å². The minimum absolute atomic E-state index is 0.300. The monoisotopic (exact) mass is 483 g/mol. The van der Waals surface area contributed by atoms with Gasteiger partial charge in [0, 0.05) is 34.6 Å². The minimum Gasteiger partial charge on any atom is -0.497 e. The number of amides is 2. The van der Waals surface area contributed by atoms with E-state index in [1.54, 1.807) is 38.6 Å². The van der Waals surface area contributed by atoms with Crippen LogP contribution in [-0.2, 0) is 0 Å². The maximum Gasteiger partial charge on any atom is 0.573 e. The highest BCUT2D eigenvalue weighted by Gasteiger charge is 2.30. The van der Waals surface area contributed by atoms with Crippen LogP contribution < -0.4 is 24.8 Å². The molecule has 7 nitrogen and oxygen atoms in total. The average Bonchev–Trinajstić information content (AvgIpc) is 2.83. The van der Waals surface area contributed by atoms with Crippen molar-refractivity contribution >= 4 is 28.3 Å². The number of rotatable bonds is 6. The van der Waals surface area contributed by atoms with Gasteiger partial charge >= 0.3 is 12.4 Å². The molecule has 2 N–H and O–H groups in total. The summed E-state index contributed by atoms with van der Waals surface area (Å²) in [6.45, 7) is 0. The van der Waals surface area contributed by atoms with Crippen molar-refractivity contribution in [3.8, 4) is 28.4 Å². The van der Waals surface area contributed by atoms with Crippen molar-refractivity contribution in [1.29, 1.82) is 0 Å². The number of nitrogens with one attached hydrogen (secondary N) is 2. The van der Waals surface area contributed by atoms with E-state index in [0.29, 0.717) is 28.4 Å². The summed E-state index contributed by atoms with van der Waals surface area (Å²) in [7, 11) is 3.17. The maximum absolute atomic E-state index is 12.3. The Bertz CT molecular complexity index is 1340. The van der Waals surface area contributed by atoms with Crippen LogP contribution in [0.4, 0.5) is 29.3 Å². The number of fused-ring (bicyclic) bond motifs is 1. The molecule has 1 aromatic heterocycles. The van der Waals surface area contributed by atoms with Gasteiger partial charge in [-0.2, -0.15) is 0 Å². The van der Waals surface area contributed by atoms with Crippen molar-refractivity contribution in [2.45, 2.75) is 6.36 Å². The lowest BCUT2D eigenvalue weighted by atomic mass is 10.0. The fraction of sp³-hybridized carbons (Fsp3) is 0.120. The predicted octanol–water partition coefficient (Wildman–Crippen LogP) is 6.46. The van der Waals surface area contributed by atoms with E-state index in [2.05, 4.69) is 20.4 Å². The van der Waals surface area contributed by atoms with E-state index in [-0.39, 0.29) is 5.75 Å². The van der Waals surface area contributed by atoms with Gasteiger partial charge in [0.2, 0.25) is 0 Å². The highest BCUT2D eigenvalue weighted by atomic mass is 19.4. The minimum atomic E-state index is -4.78. The van der Waals surface area contributed by atoms with Crippen LogP contribution in [0.5, 0.6) is 17.2 Å².